The Morgan fingerprint density at radius 2 is 2.10 bits per heavy atom. The maximum Gasteiger partial charge on any atom is 0.274 e. The van der Waals surface area contributed by atoms with Crippen molar-refractivity contribution in [3.05, 3.63) is 47.5 Å². The third kappa shape index (κ3) is 4.83. The highest BCUT2D eigenvalue weighted by Gasteiger charge is 2.18. The topological polar surface area (TPSA) is 76.1 Å². The fraction of sp³-hybridized carbons (Fsp3) is 0.105. The van der Waals surface area contributed by atoms with E-state index in [2.05, 4.69) is 26.5 Å². The Morgan fingerprint density at radius 1 is 1.31 bits per heavy atom. The zero-order chi connectivity index (χ0) is 21.0. The molecule has 3 aromatic rings. The highest BCUT2D eigenvalue weighted by Crippen LogP contribution is 2.34. The predicted octanol–water partition coefficient (Wildman–Crippen LogP) is 4.65. The van der Waals surface area contributed by atoms with E-state index in [1.807, 2.05) is 0 Å². The summed E-state index contributed by atoms with van der Waals surface area (Å²) in [5.41, 5.74) is -1.21. The molecule has 0 aliphatic rings. The van der Waals surface area contributed by atoms with Crippen molar-refractivity contribution in [2.75, 3.05) is 17.2 Å². The zero-order valence-corrected chi connectivity index (χ0v) is 16.1. The Hall–Kier alpha value is -3.15. The number of halogens is 4. The molecule has 0 fully saturated rings. The van der Waals surface area contributed by atoms with Crippen molar-refractivity contribution in [2.24, 2.45) is 0 Å². The van der Waals surface area contributed by atoms with Crippen molar-refractivity contribution in [1.29, 1.82) is 0 Å². The number of nitrogens with zero attached hydrogens (tertiary/aromatic N) is 2. The summed E-state index contributed by atoms with van der Waals surface area (Å²) in [5, 5.41) is 5.71. The average molecular weight is 437 g/mol. The van der Waals surface area contributed by atoms with Gasteiger partial charge in [-0.2, -0.15) is 0 Å². The number of fused-ring (bicyclic) bond motifs is 1. The fourth-order valence-corrected chi connectivity index (χ4v) is 2.65. The number of nitrogens with one attached hydrogen (secondary N) is 2. The molecule has 0 saturated carbocycles. The quantitative estimate of drug-likeness (QED) is 0.434. The summed E-state index contributed by atoms with van der Waals surface area (Å²) in [6.45, 7) is -0.0847. The lowest BCUT2D eigenvalue weighted by Gasteiger charge is -2.14. The SMILES string of the molecule is C#CCOc1cc2ncnc(Nc3ccc(F)c(Cl)c3)c2cc1NC(=O)C(F)Cl. The van der Waals surface area contributed by atoms with E-state index >= 15 is 0 Å². The second-order valence-corrected chi connectivity index (χ2v) is 6.41. The number of anilines is 3. The van der Waals surface area contributed by atoms with Crippen molar-refractivity contribution in [3.63, 3.8) is 0 Å². The number of alkyl halides is 2. The molecule has 6 nitrogen and oxygen atoms in total. The van der Waals surface area contributed by atoms with E-state index in [0.29, 0.717) is 22.4 Å². The molecule has 0 saturated heterocycles. The van der Waals surface area contributed by atoms with Gasteiger partial charge in [0.2, 0.25) is 0 Å². The molecule has 2 N–H and O–H groups in total. The predicted molar refractivity (Wildman–Crippen MR) is 108 cm³/mol. The van der Waals surface area contributed by atoms with Crippen LogP contribution >= 0.6 is 23.2 Å². The first-order valence-corrected chi connectivity index (χ1v) is 8.86. The summed E-state index contributed by atoms with van der Waals surface area (Å²) in [6, 6.07) is 7.05. The molecule has 1 aromatic heterocycles. The largest absolute Gasteiger partial charge is 0.479 e. The lowest BCUT2D eigenvalue weighted by Crippen LogP contribution is -2.20. The van der Waals surface area contributed by atoms with Crippen LogP contribution in [0.15, 0.2) is 36.7 Å². The number of amides is 1. The highest BCUT2D eigenvalue weighted by atomic mass is 35.5. The number of aromatic nitrogens is 2. The van der Waals surface area contributed by atoms with Crippen LogP contribution < -0.4 is 15.4 Å². The van der Waals surface area contributed by atoms with E-state index in [1.54, 1.807) is 0 Å². The molecule has 1 heterocycles. The minimum Gasteiger partial charge on any atom is -0.479 e. The van der Waals surface area contributed by atoms with Crippen molar-refractivity contribution in [2.45, 2.75) is 5.63 Å². The Kier molecular flexibility index (Phi) is 6.32. The van der Waals surface area contributed by atoms with Crippen LogP contribution in [0.1, 0.15) is 0 Å². The molecule has 0 aliphatic carbocycles. The number of carbonyl (C=O) groups is 1. The molecule has 10 heteroatoms. The van der Waals surface area contributed by atoms with Crippen molar-refractivity contribution in [3.8, 4) is 18.1 Å². The molecular weight excluding hydrogens is 425 g/mol. The lowest BCUT2D eigenvalue weighted by atomic mass is 10.1. The van der Waals surface area contributed by atoms with Gasteiger partial charge in [0.15, 0.2) is 0 Å². The molecule has 0 radical (unpaired) electrons. The first-order chi connectivity index (χ1) is 13.9. The maximum absolute atomic E-state index is 13.4. The van der Waals surface area contributed by atoms with Gasteiger partial charge >= 0.3 is 0 Å². The molecule has 1 unspecified atom stereocenters. The molecule has 0 spiro atoms. The normalized spacial score (nSPS) is 11.6. The van der Waals surface area contributed by atoms with E-state index in [0.717, 1.165) is 0 Å². The number of rotatable bonds is 6. The number of carbonyl (C=O) groups excluding carboxylic acids is 1. The van der Waals surface area contributed by atoms with Gasteiger partial charge in [0, 0.05) is 17.1 Å². The van der Waals surface area contributed by atoms with Gasteiger partial charge in [-0.15, -0.1) is 6.42 Å². The average Bonchev–Trinajstić information content (AvgIpc) is 2.69. The Morgan fingerprint density at radius 3 is 2.79 bits per heavy atom. The van der Waals surface area contributed by atoms with Gasteiger partial charge in [-0.05, 0) is 24.3 Å². The van der Waals surface area contributed by atoms with Crippen LogP contribution in [-0.4, -0.2) is 28.1 Å². The summed E-state index contributed by atoms with van der Waals surface area (Å²) in [5.74, 6) is 1.17. The van der Waals surface area contributed by atoms with E-state index in [1.165, 1.54) is 36.7 Å². The number of hydrogen-bond donors (Lipinski definition) is 2. The molecule has 1 amide bonds. The molecular formula is C19H12Cl2F2N4O2. The highest BCUT2D eigenvalue weighted by molar-refractivity contribution is 6.31. The number of terminal acetylenes is 1. The number of ether oxygens (including phenoxy) is 1. The maximum atomic E-state index is 13.4. The number of benzene rings is 2. The van der Waals surface area contributed by atoms with Gasteiger partial charge in [-0.25, -0.2) is 18.7 Å². The van der Waals surface area contributed by atoms with Crippen LogP contribution in [0.25, 0.3) is 10.9 Å². The lowest BCUT2D eigenvalue weighted by molar-refractivity contribution is -0.118. The molecule has 0 aliphatic heterocycles. The minimum absolute atomic E-state index is 0.0672. The van der Waals surface area contributed by atoms with E-state index < -0.39 is 17.4 Å². The van der Waals surface area contributed by atoms with Gasteiger partial charge in [-0.3, -0.25) is 4.79 Å². The van der Waals surface area contributed by atoms with Crippen LogP contribution in [0.2, 0.25) is 5.02 Å². The van der Waals surface area contributed by atoms with Crippen molar-refractivity contribution in [1.82, 2.24) is 9.97 Å². The van der Waals surface area contributed by atoms with Crippen molar-refractivity contribution < 1.29 is 18.3 Å². The van der Waals surface area contributed by atoms with Gasteiger partial charge in [0.1, 0.15) is 30.3 Å². The Bertz CT molecular complexity index is 1120. The monoisotopic (exact) mass is 436 g/mol. The first kappa shape index (κ1) is 20.6. The first-order valence-electron chi connectivity index (χ1n) is 8.05. The standard InChI is InChI=1S/C19H12Cl2F2N4O2/c1-2-5-29-16-8-14-11(7-15(16)27-19(28)17(21)23)18(25-9-24-14)26-10-3-4-13(22)12(20)6-10/h1,3-4,6-9,17H,5H2,(H,27,28)(H,24,25,26). The molecule has 2 aromatic carbocycles. The third-order valence-electron chi connectivity index (χ3n) is 3.69. The second kappa shape index (κ2) is 8.90. The minimum atomic E-state index is -2.25. The van der Waals surface area contributed by atoms with E-state index in [4.69, 9.17) is 34.4 Å². The summed E-state index contributed by atoms with van der Waals surface area (Å²) in [7, 11) is 0. The second-order valence-electron chi connectivity index (χ2n) is 5.62. The van der Waals surface area contributed by atoms with Crippen LogP contribution in [0.5, 0.6) is 5.75 Å². The van der Waals surface area contributed by atoms with Gasteiger partial charge in [-0.1, -0.05) is 29.1 Å². The Labute approximate surface area is 174 Å². The van der Waals surface area contributed by atoms with Crippen LogP contribution in [0.3, 0.4) is 0 Å². The van der Waals surface area contributed by atoms with Crippen LogP contribution in [-0.2, 0) is 4.79 Å². The summed E-state index contributed by atoms with van der Waals surface area (Å²) in [4.78, 5) is 20.0. The third-order valence-corrected chi connectivity index (χ3v) is 4.17. The summed E-state index contributed by atoms with van der Waals surface area (Å²) >= 11 is 11.0. The van der Waals surface area contributed by atoms with Crippen LogP contribution in [0, 0.1) is 18.2 Å². The smallest absolute Gasteiger partial charge is 0.274 e. The molecule has 29 heavy (non-hydrogen) atoms. The summed E-state index contributed by atoms with van der Waals surface area (Å²) in [6.07, 6.45) is 6.51. The molecule has 3 rings (SSSR count). The zero-order valence-electron chi connectivity index (χ0n) is 14.5. The van der Waals surface area contributed by atoms with Gasteiger partial charge in [0.05, 0.1) is 16.2 Å². The van der Waals surface area contributed by atoms with E-state index in [-0.39, 0.29) is 23.1 Å². The van der Waals surface area contributed by atoms with E-state index in [9.17, 15) is 13.6 Å². The van der Waals surface area contributed by atoms with Crippen molar-refractivity contribution >= 4 is 57.2 Å². The number of hydrogen-bond acceptors (Lipinski definition) is 5. The summed E-state index contributed by atoms with van der Waals surface area (Å²) < 4.78 is 31.9. The molecule has 0 bridgehead atoms. The fourth-order valence-electron chi connectivity index (χ4n) is 2.42. The van der Waals surface area contributed by atoms with Gasteiger partial charge in [0.25, 0.3) is 11.5 Å². The Balaban J connectivity index is 2.06. The van der Waals surface area contributed by atoms with Crippen LogP contribution in [0.4, 0.5) is 26.0 Å². The van der Waals surface area contributed by atoms with Gasteiger partial charge < -0.3 is 15.4 Å². The molecule has 148 valence electrons. The molecule has 1 atom stereocenters.